The van der Waals surface area contributed by atoms with E-state index in [4.69, 9.17) is 28.7 Å². The summed E-state index contributed by atoms with van der Waals surface area (Å²) in [6.07, 6.45) is 3.81. The fourth-order valence-corrected chi connectivity index (χ4v) is 5.06. The van der Waals surface area contributed by atoms with Crippen molar-refractivity contribution in [2.24, 2.45) is 0 Å². The SMILES string of the molecule is COC[C@@H](C)n1c(C2CCOCC2)nc2cnc3cc(-c4c(C)noc4C)c(OC)cc3c21.Cl.Cl. The van der Waals surface area contributed by atoms with Crippen molar-refractivity contribution in [3.05, 3.63) is 35.6 Å². The predicted octanol–water partition coefficient (Wildman–Crippen LogP) is 5.81. The van der Waals surface area contributed by atoms with Gasteiger partial charge in [-0.1, -0.05) is 5.16 Å². The van der Waals surface area contributed by atoms with Crippen molar-refractivity contribution in [3.8, 4) is 16.9 Å². The summed E-state index contributed by atoms with van der Waals surface area (Å²) in [5, 5.41) is 5.13. The van der Waals surface area contributed by atoms with Crippen LogP contribution in [0.1, 0.15) is 49.0 Å². The summed E-state index contributed by atoms with van der Waals surface area (Å²) in [5.74, 6) is 2.95. The highest BCUT2D eigenvalue weighted by Crippen LogP contribution is 2.40. The summed E-state index contributed by atoms with van der Waals surface area (Å²) >= 11 is 0. The predicted molar refractivity (Wildman–Crippen MR) is 140 cm³/mol. The van der Waals surface area contributed by atoms with Gasteiger partial charge in [-0.2, -0.15) is 0 Å². The number of aromatic nitrogens is 4. The number of rotatable bonds is 6. The van der Waals surface area contributed by atoms with Crippen molar-refractivity contribution >= 4 is 46.8 Å². The van der Waals surface area contributed by atoms with Crippen LogP contribution in [0.2, 0.25) is 0 Å². The van der Waals surface area contributed by atoms with Crippen molar-refractivity contribution < 1.29 is 18.7 Å². The average molecular weight is 523 g/mol. The molecule has 4 aromatic rings. The molecule has 0 amide bonds. The summed E-state index contributed by atoms with van der Waals surface area (Å²) < 4.78 is 24.7. The maximum atomic E-state index is 5.84. The zero-order chi connectivity index (χ0) is 23.1. The minimum absolute atomic E-state index is 0. The first-order chi connectivity index (χ1) is 16.0. The number of hydrogen-bond acceptors (Lipinski definition) is 7. The van der Waals surface area contributed by atoms with Gasteiger partial charge in [-0.3, -0.25) is 4.98 Å². The van der Waals surface area contributed by atoms with Crippen LogP contribution in [0.15, 0.2) is 22.9 Å². The molecule has 3 aromatic heterocycles. The monoisotopic (exact) mass is 522 g/mol. The van der Waals surface area contributed by atoms with E-state index in [1.54, 1.807) is 14.2 Å². The standard InChI is InChI=1S/C25H30N4O4.2ClH/c1-14(13-30-4)29-24-18-11-22(31-5)19(23-15(2)28-33-16(23)3)10-20(18)26-12-21(24)27-25(29)17-6-8-32-9-7-17;;/h10-12,14,17H,6-9,13H2,1-5H3;2*1H/t14-;;/m1../s1. The van der Waals surface area contributed by atoms with Crippen LogP contribution in [0.5, 0.6) is 5.75 Å². The van der Waals surface area contributed by atoms with Crippen molar-refractivity contribution in [1.29, 1.82) is 0 Å². The second kappa shape index (κ2) is 11.1. The van der Waals surface area contributed by atoms with E-state index in [0.29, 0.717) is 12.5 Å². The van der Waals surface area contributed by atoms with E-state index in [1.165, 1.54) is 0 Å². The van der Waals surface area contributed by atoms with Crippen LogP contribution in [0.4, 0.5) is 0 Å². The lowest BCUT2D eigenvalue weighted by atomic mass is 9.99. The fourth-order valence-electron chi connectivity index (χ4n) is 5.06. The number of aryl methyl sites for hydroxylation is 2. The minimum atomic E-state index is 0. The van der Waals surface area contributed by atoms with Crippen LogP contribution in [0, 0.1) is 13.8 Å². The first-order valence-corrected chi connectivity index (χ1v) is 11.4. The fraction of sp³-hybridized carbons (Fsp3) is 0.480. The second-order valence-corrected chi connectivity index (χ2v) is 8.79. The molecule has 5 rings (SSSR count). The summed E-state index contributed by atoms with van der Waals surface area (Å²) in [4.78, 5) is 9.85. The molecule has 0 aliphatic carbocycles. The van der Waals surface area contributed by atoms with E-state index < -0.39 is 0 Å². The van der Waals surface area contributed by atoms with Gasteiger partial charge in [-0.25, -0.2) is 4.98 Å². The molecule has 0 unspecified atom stereocenters. The average Bonchev–Trinajstić information content (AvgIpc) is 3.38. The third-order valence-corrected chi connectivity index (χ3v) is 6.60. The molecule has 0 N–H and O–H groups in total. The molecule has 190 valence electrons. The van der Waals surface area contributed by atoms with Gasteiger partial charge >= 0.3 is 0 Å². The maximum absolute atomic E-state index is 5.84. The number of hydrogen-bond donors (Lipinski definition) is 0. The number of benzene rings is 1. The Morgan fingerprint density at radius 1 is 1.11 bits per heavy atom. The van der Waals surface area contributed by atoms with Gasteiger partial charge in [0.05, 0.1) is 48.2 Å². The van der Waals surface area contributed by atoms with E-state index in [1.807, 2.05) is 20.0 Å². The molecule has 8 nitrogen and oxygen atoms in total. The molecule has 1 fully saturated rings. The number of nitrogens with zero attached hydrogens (tertiary/aromatic N) is 4. The quantitative estimate of drug-likeness (QED) is 0.315. The van der Waals surface area contributed by atoms with Gasteiger partial charge in [0.1, 0.15) is 22.9 Å². The highest BCUT2D eigenvalue weighted by atomic mass is 35.5. The lowest BCUT2D eigenvalue weighted by Gasteiger charge is -2.25. The van der Waals surface area contributed by atoms with Crippen LogP contribution in [0.3, 0.4) is 0 Å². The van der Waals surface area contributed by atoms with Gasteiger partial charge in [-0.15, -0.1) is 24.8 Å². The van der Waals surface area contributed by atoms with Gasteiger partial charge in [-0.05, 0) is 45.7 Å². The van der Waals surface area contributed by atoms with Crippen LogP contribution < -0.4 is 4.74 Å². The summed E-state index contributed by atoms with van der Waals surface area (Å²) in [6, 6.07) is 4.25. The van der Waals surface area contributed by atoms with Crippen molar-refractivity contribution in [2.45, 2.75) is 45.6 Å². The summed E-state index contributed by atoms with van der Waals surface area (Å²) in [5.41, 5.74) is 5.52. The molecule has 0 radical (unpaired) electrons. The molecular formula is C25H32Cl2N4O4. The third kappa shape index (κ3) is 4.72. The molecule has 1 saturated heterocycles. The first kappa shape index (κ1) is 27.2. The number of pyridine rings is 1. The van der Waals surface area contributed by atoms with Crippen molar-refractivity contribution in [3.63, 3.8) is 0 Å². The van der Waals surface area contributed by atoms with Crippen molar-refractivity contribution in [1.82, 2.24) is 19.7 Å². The zero-order valence-electron chi connectivity index (χ0n) is 20.7. The molecule has 1 aromatic carbocycles. The largest absolute Gasteiger partial charge is 0.496 e. The van der Waals surface area contributed by atoms with Gasteiger partial charge in [0.15, 0.2) is 0 Å². The zero-order valence-corrected chi connectivity index (χ0v) is 22.3. The van der Waals surface area contributed by atoms with E-state index in [9.17, 15) is 0 Å². The summed E-state index contributed by atoms with van der Waals surface area (Å²) in [6.45, 7) is 8.15. The Balaban J connectivity index is 0.00000171. The molecule has 0 saturated carbocycles. The van der Waals surface area contributed by atoms with Crippen LogP contribution >= 0.6 is 24.8 Å². The molecule has 4 heterocycles. The lowest BCUT2D eigenvalue weighted by molar-refractivity contribution is 0.0817. The smallest absolute Gasteiger partial charge is 0.141 e. The topological polar surface area (TPSA) is 84.4 Å². The summed E-state index contributed by atoms with van der Waals surface area (Å²) in [7, 11) is 3.43. The van der Waals surface area contributed by atoms with E-state index >= 15 is 0 Å². The van der Waals surface area contributed by atoms with E-state index in [-0.39, 0.29) is 30.9 Å². The van der Waals surface area contributed by atoms with Crippen LogP contribution in [-0.4, -0.2) is 53.7 Å². The maximum Gasteiger partial charge on any atom is 0.141 e. The van der Waals surface area contributed by atoms with Gasteiger partial charge < -0.3 is 23.3 Å². The molecule has 35 heavy (non-hydrogen) atoms. The Morgan fingerprint density at radius 3 is 2.49 bits per heavy atom. The van der Waals surface area contributed by atoms with Gasteiger partial charge in [0, 0.05) is 37.2 Å². The Morgan fingerprint density at radius 2 is 1.86 bits per heavy atom. The normalized spacial score (nSPS) is 15.1. The Bertz CT molecular complexity index is 1290. The Hall–Kier alpha value is -2.39. The van der Waals surface area contributed by atoms with Gasteiger partial charge in [0.25, 0.3) is 0 Å². The van der Waals surface area contributed by atoms with Crippen molar-refractivity contribution in [2.75, 3.05) is 34.0 Å². The molecule has 0 bridgehead atoms. The highest BCUT2D eigenvalue weighted by Gasteiger charge is 2.27. The Labute approximate surface area is 217 Å². The molecule has 1 aliphatic heterocycles. The Kier molecular flexibility index (Phi) is 8.64. The molecular weight excluding hydrogens is 491 g/mol. The highest BCUT2D eigenvalue weighted by molar-refractivity contribution is 6.05. The first-order valence-electron chi connectivity index (χ1n) is 11.4. The van der Waals surface area contributed by atoms with Crippen LogP contribution in [0.25, 0.3) is 33.1 Å². The lowest BCUT2D eigenvalue weighted by Crippen LogP contribution is -2.21. The molecule has 0 spiro atoms. The minimum Gasteiger partial charge on any atom is -0.496 e. The second-order valence-electron chi connectivity index (χ2n) is 8.79. The number of imidazole rings is 1. The molecule has 1 atom stereocenters. The molecule has 10 heteroatoms. The number of fused-ring (bicyclic) bond motifs is 3. The van der Waals surface area contributed by atoms with E-state index in [0.717, 1.165) is 82.1 Å². The van der Waals surface area contributed by atoms with Gasteiger partial charge in [0.2, 0.25) is 0 Å². The number of halogens is 2. The van der Waals surface area contributed by atoms with Crippen LogP contribution in [-0.2, 0) is 9.47 Å². The third-order valence-electron chi connectivity index (χ3n) is 6.60. The molecule has 1 aliphatic rings. The van der Waals surface area contributed by atoms with E-state index in [2.05, 4.69) is 28.8 Å². The number of methoxy groups -OCH3 is 2. The number of ether oxygens (including phenoxy) is 3.